The van der Waals surface area contributed by atoms with Gasteiger partial charge >= 0.3 is 0 Å². The molecule has 4 nitrogen and oxygen atoms in total. The highest BCUT2D eigenvalue weighted by Gasteiger charge is 2.59. The molecule has 21 heavy (non-hydrogen) atoms. The molecular formula is C16H23N3OS. The Balaban J connectivity index is 1.82. The molecular weight excluding hydrogens is 282 g/mol. The maximum Gasteiger partial charge on any atom is 0.204 e. The third-order valence-corrected chi connectivity index (χ3v) is 7.08. The summed E-state index contributed by atoms with van der Waals surface area (Å²) in [5.41, 5.74) is 5.67. The van der Waals surface area contributed by atoms with Crippen molar-refractivity contribution in [2.45, 2.75) is 53.9 Å². The first-order chi connectivity index (χ1) is 9.75. The molecule has 2 saturated carbocycles. The Morgan fingerprint density at radius 1 is 1.43 bits per heavy atom. The van der Waals surface area contributed by atoms with Gasteiger partial charge in [0.25, 0.3) is 0 Å². The third-order valence-electron chi connectivity index (χ3n) is 5.92. The second-order valence-electron chi connectivity index (χ2n) is 7.15. The lowest BCUT2D eigenvalue weighted by Crippen LogP contribution is -2.32. The van der Waals surface area contributed by atoms with Crippen LogP contribution in [0.4, 0.5) is 5.13 Å². The van der Waals surface area contributed by atoms with E-state index >= 15 is 0 Å². The molecule has 5 heteroatoms. The number of carbonyl (C=O) groups is 1. The minimum atomic E-state index is 0.0683. The van der Waals surface area contributed by atoms with Crippen LogP contribution in [0.2, 0.25) is 0 Å². The van der Waals surface area contributed by atoms with E-state index in [9.17, 15) is 4.79 Å². The summed E-state index contributed by atoms with van der Waals surface area (Å²) in [6, 6.07) is 0. The molecule has 0 radical (unpaired) electrons. The van der Waals surface area contributed by atoms with Gasteiger partial charge in [-0.3, -0.25) is 10.2 Å². The summed E-state index contributed by atoms with van der Waals surface area (Å²) in [7, 11) is 0. The van der Waals surface area contributed by atoms with Crippen molar-refractivity contribution in [3.05, 3.63) is 10.6 Å². The lowest BCUT2D eigenvalue weighted by molar-refractivity contribution is 0.102. The monoisotopic (exact) mass is 305 g/mol. The number of hydrogen-bond donors (Lipinski definition) is 1. The van der Waals surface area contributed by atoms with Crippen molar-refractivity contribution in [2.24, 2.45) is 21.8 Å². The van der Waals surface area contributed by atoms with Crippen LogP contribution in [0.15, 0.2) is 5.10 Å². The zero-order valence-electron chi connectivity index (χ0n) is 13.4. The maximum absolute atomic E-state index is 11.5. The van der Waals surface area contributed by atoms with Crippen LogP contribution in [-0.2, 0) is 0 Å². The van der Waals surface area contributed by atoms with Crippen LogP contribution in [0.5, 0.6) is 0 Å². The fourth-order valence-electron chi connectivity index (χ4n) is 3.98. The van der Waals surface area contributed by atoms with Crippen molar-refractivity contribution in [3.8, 4) is 0 Å². The molecule has 3 rings (SSSR count). The molecule has 2 bridgehead atoms. The first kappa shape index (κ1) is 14.7. The molecule has 114 valence electrons. The van der Waals surface area contributed by atoms with Crippen LogP contribution in [0, 0.1) is 23.7 Å². The lowest BCUT2D eigenvalue weighted by atomic mass is 9.70. The molecule has 2 fully saturated rings. The average molecular weight is 305 g/mol. The number of anilines is 1. The SMILES string of the molecule is CC(=O)c1sc(N/N=C2\C[C@H]3CC[C@]2(C)C3(C)C)nc1C. The Labute approximate surface area is 130 Å². The van der Waals surface area contributed by atoms with Gasteiger partial charge in [0.15, 0.2) is 5.78 Å². The Kier molecular flexibility index (Phi) is 3.24. The Bertz CT molecular complexity index is 631. The van der Waals surface area contributed by atoms with Crippen molar-refractivity contribution < 1.29 is 4.79 Å². The van der Waals surface area contributed by atoms with Crippen molar-refractivity contribution in [1.82, 2.24) is 4.98 Å². The number of aromatic nitrogens is 1. The smallest absolute Gasteiger partial charge is 0.204 e. The van der Waals surface area contributed by atoms with Crippen molar-refractivity contribution >= 4 is 28.0 Å². The Hall–Kier alpha value is -1.23. The minimum Gasteiger partial charge on any atom is -0.294 e. The van der Waals surface area contributed by atoms with Gasteiger partial charge in [-0.1, -0.05) is 32.1 Å². The number of Topliss-reactive ketones (excluding diaryl/α,β-unsaturated/α-hetero) is 1. The van der Waals surface area contributed by atoms with Crippen molar-refractivity contribution in [3.63, 3.8) is 0 Å². The topological polar surface area (TPSA) is 54.4 Å². The highest BCUT2D eigenvalue weighted by Crippen LogP contribution is 2.63. The summed E-state index contributed by atoms with van der Waals surface area (Å²) in [5.74, 6) is 0.813. The van der Waals surface area contributed by atoms with E-state index in [4.69, 9.17) is 0 Å². The van der Waals surface area contributed by atoms with Crippen LogP contribution in [-0.4, -0.2) is 16.5 Å². The normalized spacial score (nSPS) is 31.9. The second kappa shape index (κ2) is 4.63. The minimum absolute atomic E-state index is 0.0683. The van der Waals surface area contributed by atoms with Crippen molar-refractivity contribution in [2.75, 3.05) is 5.43 Å². The molecule has 0 spiro atoms. The zero-order chi connectivity index (χ0) is 15.4. The van der Waals surface area contributed by atoms with E-state index in [1.165, 1.54) is 29.9 Å². The molecule has 1 aromatic rings. The summed E-state index contributed by atoms with van der Waals surface area (Å²) >= 11 is 1.39. The van der Waals surface area contributed by atoms with Crippen LogP contribution in [0.1, 0.15) is 62.3 Å². The van der Waals surface area contributed by atoms with Gasteiger partial charge in [-0.2, -0.15) is 5.10 Å². The van der Waals surface area contributed by atoms with E-state index in [0.29, 0.717) is 5.41 Å². The number of nitrogens with one attached hydrogen (secondary N) is 1. The summed E-state index contributed by atoms with van der Waals surface area (Å²) in [6.45, 7) is 10.5. The van der Waals surface area contributed by atoms with Gasteiger partial charge in [-0.25, -0.2) is 4.98 Å². The fourth-order valence-corrected chi connectivity index (χ4v) is 4.79. The van der Waals surface area contributed by atoms with E-state index < -0.39 is 0 Å². The molecule has 1 aromatic heterocycles. The van der Waals surface area contributed by atoms with Crippen LogP contribution in [0.25, 0.3) is 0 Å². The zero-order valence-corrected chi connectivity index (χ0v) is 14.2. The number of nitrogens with zero attached hydrogens (tertiary/aromatic N) is 2. The molecule has 2 aliphatic rings. The number of carbonyl (C=O) groups excluding carboxylic acids is 1. The van der Waals surface area contributed by atoms with Gasteiger partial charge in [-0.15, -0.1) is 0 Å². The summed E-state index contributed by atoms with van der Waals surface area (Å²) < 4.78 is 0. The van der Waals surface area contributed by atoms with E-state index in [-0.39, 0.29) is 11.2 Å². The Morgan fingerprint density at radius 3 is 2.62 bits per heavy atom. The van der Waals surface area contributed by atoms with Crippen LogP contribution < -0.4 is 5.43 Å². The van der Waals surface area contributed by atoms with Gasteiger partial charge in [0.05, 0.1) is 10.6 Å². The van der Waals surface area contributed by atoms with Crippen molar-refractivity contribution in [1.29, 1.82) is 0 Å². The molecule has 0 aliphatic heterocycles. The number of ketones is 1. The summed E-state index contributed by atoms with van der Waals surface area (Å²) in [5, 5.41) is 5.38. The number of aryl methyl sites for hydroxylation is 1. The largest absolute Gasteiger partial charge is 0.294 e. The van der Waals surface area contributed by atoms with Gasteiger partial charge in [0.2, 0.25) is 5.13 Å². The number of thiazole rings is 1. The molecule has 0 amide bonds. The van der Waals surface area contributed by atoms with E-state index in [2.05, 4.69) is 36.3 Å². The first-order valence-electron chi connectivity index (χ1n) is 7.57. The number of hydrogen-bond acceptors (Lipinski definition) is 5. The molecule has 1 heterocycles. The second-order valence-corrected chi connectivity index (χ2v) is 8.15. The highest BCUT2D eigenvalue weighted by molar-refractivity contribution is 7.17. The predicted octanol–water partition coefficient (Wildman–Crippen LogP) is 4.27. The highest BCUT2D eigenvalue weighted by atomic mass is 32.1. The number of rotatable bonds is 3. The van der Waals surface area contributed by atoms with Crippen LogP contribution in [0.3, 0.4) is 0 Å². The molecule has 0 saturated heterocycles. The van der Waals surface area contributed by atoms with Gasteiger partial charge in [0, 0.05) is 18.1 Å². The summed E-state index contributed by atoms with van der Waals surface area (Å²) in [6.07, 6.45) is 3.62. The first-order valence-corrected chi connectivity index (χ1v) is 8.39. The number of fused-ring (bicyclic) bond motifs is 2. The predicted molar refractivity (Wildman–Crippen MR) is 87.1 cm³/mol. The molecule has 0 unspecified atom stereocenters. The van der Waals surface area contributed by atoms with Crippen LogP contribution >= 0.6 is 11.3 Å². The molecule has 1 N–H and O–H groups in total. The van der Waals surface area contributed by atoms with E-state index in [1.54, 1.807) is 6.92 Å². The fraction of sp³-hybridized carbons (Fsp3) is 0.688. The third kappa shape index (κ3) is 2.05. The van der Waals surface area contributed by atoms with Gasteiger partial charge in [0.1, 0.15) is 0 Å². The molecule has 2 aliphatic carbocycles. The summed E-state index contributed by atoms with van der Waals surface area (Å²) in [4.78, 5) is 16.6. The van der Waals surface area contributed by atoms with Gasteiger partial charge in [-0.05, 0) is 37.5 Å². The lowest BCUT2D eigenvalue weighted by Gasteiger charge is -2.34. The number of hydrazone groups is 1. The molecule has 0 aromatic carbocycles. The average Bonchev–Trinajstić information content (AvgIpc) is 2.93. The standard InChI is InChI=1S/C16H23N3OS/c1-9-13(10(2)20)21-14(17-9)19-18-12-8-11-6-7-16(12,5)15(11,3)4/h11H,6-8H2,1-5H3,(H,17,19)/b18-12+/t11-,16+/m1/s1. The Morgan fingerprint density at radius 2 is 2.14 bits per heavy atom. The van der Waals surface area contributed by atoms with E-state index in [0.717, 1.165) is 28.0 Å². The van der Waals surface area contributed by atoms with Gasteiger partial charge < -0.3 is 0 Å². The molecule has 2 atom stereocenters. The van der Waals surface area contributed by atoms with E-state index in [1.807, 2.05) is 6.92 Å². The quantitative estimate of drug-likeness (QED) is 0.670. The maximum atomic E-state index is 11.5.